The molecule has 1 N–H and O–H groups in total. The molecule has 1 saturated heterocycles. The van der Waals surface area contributed by atoms with Gasteiger partial charge in [-0.25, -0.2) is 0 Å². The average Bonchev–Trinajstić information content (AvgIpc) is 2.55. The predicted octanol–water partition coefficient (Wildman–Crippen LogP) is 3.32. The topological polar surface area (TPSA) is 33.7 Å². The molecule has 0 aliphatic carbocycles. The number of halogens is 1. The van der Waals surface area contributed by atoms with Crippen LogP contribution < -0.4 is 14.8 Å². The molecule has 22 heavy (non-hydrogen) atoms. The van der Waals surface area contributed by atoms with Crippen LogP contribution in [0.3, 0.4) is 0 Å². The lowest BCUT2D eigenvalue weighted by Crippen LogP contribution is -2.33. The second kappa shape index (κ2) is 9.23. The van der Waals surface area contributed by atoms with Gasteiger partial charge in [-0.3, -0.25) is 4.90 Å². The normalized spacial score (nSPS) is 15.8. The van der Waals surface area contributed by atoms with Crippen LogP contribution in [0, 0.1) is 0 Å². The van der Waals surface area contributed by atoms with Gasteiger partial charge >= 0.3 is 0 Å². The third-order valence-corrected chi connectivity index (χ3v) is 4.25. The SMILES string of the molecule is CCNCc1cc(Cl)c(OCCN2CCCCC2)c(OC)c1. The van der Waals surface area contributed by atoms with Crippen LogP contribution in [0.15, 0.2) is 12.1 Å². The monoisotopic (exact) mass is 326 g/mol. The minimum Gasteiger partial charge on any atom is -0.493 e. The first-order chi connectivity index (χ1) is 10.7. The number of hydrogen-bond acceptors (Lipinski definition) is 4. The molecule has 1 aromatic rings. The Kier molecular flexibility index (Phi) is 7.30. The molecule has 1 heterocycles. The number of benzene rings is 1. The number of hydrogen-bond donors (Lipinski definition) is 1. The van der Waals surface area contributed by atoms with E-state index in [2.05, 4.69) is 17.1 Å². The summed E-state index contributed by atoms with van der Waals surface area (Å²) >= 11 is 6.37. The number of piperidine rings is 1. The summed E-state index contributed by atoms with van der Waals surface area (Å²) in [6.07, 6.45) is 3.94. The van der Waals surface area contributed by atoms with Crippen LogP contribution in [-0.2, 0) is 6.54 Å². The Morgan fingerprint density at radius 3 is 2.68 bits per heavy atom. The van der Waals surface area contributed by atoms with Crippen molar-refractivity contribution in [3.05, 3.63) is 22.7 Å². The van der Waals surface area contributed by atoms with E-state index in [-0.39, 0.29) is 0 Å². The van der Waals surface area contributed by atoms with Gasteiger partial charge in [-0.05, 0) is 50.2 Å². The molecule has 0 amide bonds. The molecule has 5 heteroatoms. The summed E-state index contributed by atoms with van der Waals surface area (Å²) in [5.74, 6) is 1.36. The second-order valence-electron chi connectivity index (χ2n) is 5.64. The smallest absolute Gasteiger partial charge is 0.179 e. The van der Waals surface area contributed by atoms with Gasteiger partial charge in [0.25, 0.3) is 0 Å². The van der Waals surface area contributed by atoms with Gasteiger partial charge in [-0.2, -0.15) is 0 Å². The lowest BCUT2D eigenvalue weighted by Gasteiger charge is -2.26. The van der Waals surface area contributed by atoms with E-state index < -0.39 is 0 Å². The van der Waals surface area contributed by atoms with Gasteiger partial charge < -0.3 is 14.8 Å². The Morgan fingerprint density at radius 2 is 2.00 bits per heavy atom. The summed E-state index contributed by atoms with van der Waals surface area (Å²) in [6.45, 7) is 7.72. The second-order valence-corrected chi connectivity index (χ2v) is 6.05. The van der Waals surface area contributed by atoms with Gasteiger partial charge in [0.15, 0.2) is 11.5 Å². The van der Waals surface area contributed by atoms with Crippen LogP contribution in [0.1, 0.15) is 31.7 Å². The molecular formula is C17H27ClN2O2. The molecule has 0 atom stereocenters. The highest BCUT2D eigenvalue weighted by atomic mass is 35.5. The van der Waals surface area contributed by atoms with Crippen molar-refractivity contribution in [2.24, 2.45) is 0 Å². The first-order valence-corrected chi connectivity index (χ1v) is 8.54. The fraction of sp³-hybridized carbons (Fsp3) is 0.647. The van der Waals surface area contributed by atoms with Gasteiger partial charge in [-0.1, -0.05) is 24.9 Å². The van der Waals surface area contributed by atoms with E-state index >= 15 is 0 Å². The standard InChI is InChI=1S/C17H27ClN2O2/c1-3-19-13-14-11-15(18)17(16(12-14)21-2)22-10-9-20-7-5-4-6-8-20/h11-12,19H,3-10,13H2,1-2H3. The summed E-state index contributed by atoms with van der Waals surface area (Å²) in [7, 11) is 1.65. The minimum atomic E-state index is 0.617. The first-order valence-electron chi connectivity index (χ1n) is 8.17. The molecule has 124 valence electrons. The Labute approximate surface area is 138 Å². The van der Waals surface area contributed by atoms with Crippen LogP contribution in [0.2, 0.25) is 5.02 Å². The Morgan fingerprint density at radius 1 is 1.23 bits per heavy atom. The third-order valence-electron chi connectivity index (χ3n) is 3.97. The average molecular weight is 327 g/mol. The van der Waals surface area contributed by atoms with Crippen molar-refractivity contribution in [1.82, 2.24) is 10.2 Å². The van der Waals surface area contributed by atoms with Gasteiger partial charge in [0.1, 0.15) is 6.61 Å². The summed E-state index contributed by atoms with van der Waals surface area (Å²) in [4.78, 5) is 2.45. The van der Waals surface area contributed by atoms with Crippen molar-refractivity contribution in [3.63, 3.8) is 0 Å². The number of nitrogens with one attached hydrogen (secondary N) is 1. The van der Waals surface area contributed by atoms with Crippen molar-refractivity contribution < 1.29 is 9.47 Å². The zero-order chi connectivity index (χ0) is 15.8. The number of methoxy groups -OCH3 is 1. The Balaban J connectivity index is 1.93. The van der Waals surface area contributed by atoms with E-state index in [9.17, 15) is 0 Å². The van der Waals surface area contributed by atoms with Gasteiger partial charge in [-0.15, -0.1) is 0 Å². The summed E-state index contributed by atoms with van der Waals surface area (Å²) in [5, 5.41) is 3.90. The van der Waals surface area contributed by atoms with Gasteiger partial charge in [0.2, 0.25) is 0 Å². The number of nitrogens with zero attached hydrogens (tertiary/aromatic N) is 1. The number of ether oxygens (including phenoxy) is 2. The number of rotatable bonds is 8. The fourth-order valence-corrected chi connectivity index (χ4v) is 3.03. The van der Waals surface area contributed by atoms with Crippen molar-refractivity contribution in [3.8, 4) is 11.5 Å². The van der Waals surface area contributed by atoms with E-state index in [0.29, 0.717) is 23.1 Å². The molecule has 4 nitrogen and oxygen atoms in total. The van der Waals surface area contributed by atoms with Crippen LogP contribution in [0.5, 0.6) is 11.5 Å². The minimum absolute atomic E-state index is 0.617. The van der Waals surface area contributed by atoms with Crippen molar-refractivity contribution in [2.75, 3.05) is 39.9 Å². The zero-order valence-corrected chi connectivity index (χ0v) is 14.4. The number of likely N-dealkylation sites (tertiary alicyclic amines) is 1. The largest absolute Gasteiger partial charge is 0.493 e. The van der Waals surface area contributed by atoms with E-state index in [1.165, 1.54) is 32.4 Å². The molecule has 1 aliphatic heterocycles. The van der Waals surface area contributed by atoms with E-state index in [1.54, 1.807) is 7.11 Å². The van der Waals surface area contributed by atoms with Crippen LogP contribution >= 0.6 is 11.6 Å². The predicted molar refractivity (Wildman–Crippen MR) is 91.2 cm³/mol. The maximum absolute atomic E-state index is 6.37. The zero-order valence-electron chi connectivity index (χ0n) is 13.7. The third kappa shape index (κ3) is 5.04. The Bertz CT molecular complexity index is 462. The lowest BCUT2D eigenvalue weighted by molar-refractivity contribution is 0.180. The molecule has 0 saturated carbocycles. The molecule has 0 bridgehead atoms. The van der Waals surface area contributed by atoms with E-state index in [1.807, 2.05) is 12.1 Å². The highest BCUT2D eigenvalue weighted by Gasteiger charge is 2.14. The highest BCUT2D eigenvalue weighted by molar-refractivity contribution is 6.32. The molecule has 0 unspecified atom stereocenters. The lowest BCUT2D eigenvalue weighted by atomic mass is 10.1. The van der Waals surface area contributed by atoms with E-state index in [4.69, 9.17) is 21.1 Å². The maximum Gasteiger partial charge on any atom is 0.179 e. The molecule has 0 radical (unpaired) electrons. The molecule has 0 aromatic heterocycles. The molecule has 1 fully saturated rings. The van der Waals surface area contributed by atoms with Gasteiger partial charge in [0.05, 0.1) is 12.1 Å². The molecular weight excluding hydrogens is 300 g/mol. The first kappa shape index (κ1) is 17.4. The summed E-state index contributed by atoms with van der Waals surface area (Å²) < 4.78 is 11.3. The van der Waals surface area contributed by atoms with E-state index in [0.717, 1.165) is 25.2 Å². The van der Waals surface area contributed by atoms with Crippen LogP contribution in [0.25, 0.3) is 0 Å². The molecule has 0 spiro atoms. The molecule has 1 aromatic carbocycles. The summed E-state index contributed by atoms with van der Waals surface area (Å²) in [5.41, 5.74) is 1.10. The van der Waals surface area contributed by atoms with Crippen molar-refractivity contribution in [2.45, 2.75) is 32.7 Å². The maximum atomic E-state index is 6.37. The highest BCUT2D eigenvalue weighted by Crippen LogP contribution is 2.36. The quantitative estimate of drug-likeness (QED) is 0.794. The molecule has 1 aliphatic rings. The molecule has 2 rings (SSSR count). The van der Waals surface area contributed by atoms with Gasteiger partial charge in [0, 0.05) is 13.1 Å². The van der Waals surface area contributed by atoms with Crippen LogP contribution in [0.4, 0.5) is 0 Å². The van der Waals surface area contributed by atoms with Crippen molar-refractivity contribution >= 4 is 11.6 Å². The summed E-state index contributed by atoms with van der Waals surface area (Å²) in [6, 6.07) is 3.94. The fourth-order valence-electron chi connectivity index (χ4n) is 2.74. The van der Waals surface area contributed by atoms with Crippen molar-refractivity contribution in [1.29, 1.82) is 0 Å². The Hall–Kier alpha value is -0.970. The van der Waals surface area contributed by atoms with Crippen LogP contribution in [-0.4, -0.2) is 44.8 Å².